The van der Waals surface area contributed by atoms with E-state index in [-0.39, 0.29) is 5.82 Å². The fourth-order valence-electron chi connectivity index (χ4n) is 2.15. The Balaban J connectivity index is 2.36. The maximum atomic E-state index is 13.3. The highest BCUT2D eigenvalue weighted by Crippen LogP contribution is 2.31. The molecule has 0 fully saturated rings. The van der Waals surface area contributed by atoms with Gasteiger partial charge in [-0.1, -0.05) is 18.2 Å². The second kappa shape index (κ2) is 3.70. The minimum atomic E-state index is -0.220. The predicted octanol–water partition coefficient (Wildman–Crippen LogP) is 3.68. The van der Waals surface area contributed by atoms with E-state index in [1.807, 2.05) is 25.1 Å². The van der Waals surface area contributed by atoms with Crippen molar-refractivity contribution in [3.63, 3.8) is 0 Å². The maximum absolute atomic E-state index is 13.3. The molecule has 0 spiro atoms. The van der Waals surface area contributed by atoms with Gasteiger partial charge in [-0.15, -0.1) is 0 Å². The van der Waals surface area contributed by atoms with Crippen LogP contribution >= 0.6 is 0 Å². The number of aromatic nitrogens is 2. The molecular formula is C14H11FN2. The van der Waals surface area contributed by atoms with Crippen LogP contribution in [0.1, 0.15) is 5.56 Å². The van der Waals surface area contributed by atoms with Crippen molar-refractivity contribution in [3.05, 3.63) is 54.0 Å². The number of hydrogen-bond donors (Lipinski definition) is 1. The molecule has 0 bridgehead atoms. The number of rotatable bonds is 1. The summed E-state index contributed by atoms with van der Waals surface area (Å²) in [6, 6.07) is 10.6. The van der Waals surface area contributed by atoms with Crippen molar-refractivity contribution in [1.29, 1.82) is 0 Å². The Labute approximate surface area is 98.1 Å². The summed E-state index contributed by atoms with van der Waals surface area (Å²) in [7, 11) is 0. The summed E-state index contributed by atoms with van der Waals surface area (Å²) in [5.41, 5.74) is 4.00. The first-order valence-corrected chi connectivity index (χ1v) is 5.44. The van der Waals surface area contributed by atoms with Crippen LogP contribution in [0.3, 0.4) is 0 Å². The fraction of sp³-hybridized carbons (Fsp3) is 0.0714. The van der Waals surface area contributed by atoms with Crippen molar-refractivity contribution in [3.8, 4) is 11.1 Å². The molecule has 2 aromatic carbocycles. The Kier molecular flexibility index (Phi) is 2.18. The molecule has 0 unspecified atom stereocenters. The first-order valence-electron chi connectivity index (χ1n) is 5.44. The molecule has 17 heavy (non-hydrogen) atoms. The van der Waals surface area contributed by atoms with Crippen LogP contribution in [0.5, 0.6) is 0 Å². The average molecular weight is 226 g/mol. The molecule has 1 heterocycles. The molecular weight excluding hydrogens is 215 g/mol. The molecule has 3 aromatic rings. The van der Waals surface area contributed by atoms with Crippen LogP contribution in [-0.2, 0) is 0 Å². The third kappa shape index (κ3) is 1.60. The van der Waals surface area contributed by atoms with Crippen LogP contribution in [0.4, 0.5) is 4.39 Å². The Morgan fingerprint density at radius 3 is 2.88 bits per heavy atom. The SMILES string of the molecule is Cc1ccc2[nH]ncc2c1-c1cccc(F)c1. The molecule has 3 heteroatoms. The Morgan fingerprint density at radius 2 is 2.06 bits per heavy atom. The number of halogens is 1. The van der Waals surface area contributed by atoms with Gasteiger partial charge >= 0.3 is 0 Å². The normalized spacial score (nSPS) is 10.9. The third-order valence-corrected chi connectivity index (χ3v) is 2.95. The summed E-state index contributed by atoms with van der Waals surface area (Å²) in [6.45, 7) is 2.02. The van der Waals surface area contributed by atoms with Crippen LogP contribution in [0.15, 0.2) is 42.6 Å². The molecule has 3 rings (SSSR count). The van der Waals surface area contributed by atoms with Crippen molar-refractivity contribution in [2.75, 3.05) is 0 Å². The number of aryl methyl sites for hydroxylation is 1. The largest absolute Gasteiger partial charge is 0.278 e. The lowest BCUT2D eigenvalue weighted by Crippen LogP contribution is -1.85. The highest BCUT2D eigenvalue weighted by Gasteiger charge is 2.09. The molecule has 0 amide bonds. The summed E-state index contributed by atoms with van der Waals surface area (Å²) in [4.78, 5) is 0. The quantitative estimate of drug-likeness (QED) is 0.673. The zero-order valence-corrected chi connectivity index (χ0v) is 9.37. The van der Waals surface area contributed by atoms with Gasteiger partial charge in [-0.05, 0) is 41.8 Å². The number of hydrogen-bond acceptors (Lipinski definition) is 1. The number of nitrogens with one attached hydrogen (secondary N) is 1. The lowest BCUT2D eigenvalue weighted by molar-refractivity contribution is 0.628. The molecule has 0 aliphatic heterocycles. The van der Waals surface area contributed by atoms with Gasteiger partial charge in [-0.25, -0.2) is 4.39 Å². The molecule has 0 saturated carbocycles. The maximum Gasteiger partial charge on any atom is 0.123 e. The predicted molar refractivity (Wildman–Crippen MR) is 66.2 cm³/mol. The summed E-state index contributed by atoms with van der Waals surface area (Å²) < 4.78 is 13.3. The minimum Gasteiger partial charge on any atom is -0.278 e. The molecule has 84 valence electrons. The number of fused-ring (bicyclic) bond motifs is 1. The second-order valence-corrected chi connectivity index (χ2v) is 4.10. The first-order chi connectivity index (χ1) is 8.25. The van der Waals surface area contributed by atoms with Crippen LogP contribution in [0.25, 0.3) is 22.0 Å². The lowest BCUT2D eigenvalue weighted by Gasteiger charge is -2.07. The molecule has 0 atom stereocenters. The summed E-state index contributed by atoms with van der Waals surface area (Å²) >= 11 is 0. The van der Waals surface area contributed by atoms with Crippen LogP contribution in [-0.4, -0.2) is 10.2 Å². The van der Waals surface area contributed by atoms with E-state index in [0.29, 0.717) is 0 Å². The van der Waals surface area contributed by atoms with Crippen molar-refractivity contribution < 1.29 is 4.39 Å². The lowest BCUT2D eigenvalue weighted by atomic mass is 9.97. The van der Waals surface area contributed by atoms with E-state index in [1.165, 1.54) is 6.07 Å². The summed E-state index contributed by atoms with van der Waals surface area (Å²) in [6.07, 6.45) is 1.78. The van der Waals surface area contributed by atoms with E-state index in [4.69, 9.17) is 0 Å². The van der Waals surface area contributed by atoms with E-state index >= 15 is 0 Å². The van der Waals surface area contributed by atoms with Gasteiger partial charge in [0, 0.05) is 5.39 Å². The van der Waals surface area contributed by atoms with Crippen molar-refractivity contribution in [1.82, 2.24) is 10.2 Å². The third-order valence-electron chi connectivity index (χ3n) is 2.95. The van der Waals surface area contributed by atoms with Crippen molar-refractivity contribution in [2.45, 2.75) is 6.92 Å². The zero-order chi connectivity index (χ0) is 11.8. The molecule has 1 N–H and O–H groups in total. The highest BCUT2D eigenvalue weighted by atomic mass is 19.1. The van der Waals surface area contributed by atoms with Gasteiger partial charge in [-0.3, -0.25) is 5.10 Å². The van der Waals surface area contributed by atoms with E-state index in [1.54, 1.807) is 18.3 Å². The van der Waals surface area contributed by atoms with Gasteiger partial charge < -0.3 is 0 Å². The van der Waals surface area contributed by atoms with Gasteiger partial charge in [0.05, 0.1) is 11.7 Å². The monoisotopic (exact) mass is 226 g/mol. The van der Waals surface area contributed by atoms with Crippen molar-refractivity contribution in [2.24, 2.45) is 0 Å². The van der Waals surface area contributed by atoms with Gasteiger partial charge in [0.1, 0.15) is 5.82 Å². The van der Waals surface area contributed by atoms with Gasteiger partial charge in [0.2, 0.25) is 0 Å². The molecule has 1 aromatic heterocycles. The molecule has 0 aliphatic rings. The fourth-order valence-corrected chi connectivity index (χ4v) is 2.15. The van der Waals surface area contributed by atoms with E-state index in [2.05, 4.69) is 10.2 Å². The van der Waals surface area contributed by atoms with E-state index < -0.39 is 0 Å². The van der Waals surface area contributed by atoms with Crippen LogP contribution in [0.2, 0.25) is 0 Å². The Bertz CT molecular complexity index is 686. The minimum absolute atomic E-state index is 0.220. The Morgan fingerprint density at radius 1 is 1.18 bits per heavy atom. The highest BCUT2D eigenvalue weighted by molar-refractivity contribution is 5.96. The molecule has 0 radical (unpaired) electrons. The number of benzene rings is 2. The van der Waals surface area contributed by atoms with Gasteiger partial charge in [0.25, 0.3) is 0 Å². The van der Waals surface area contributed by atoms with Crippen molar-refractivity contribution >= 4 is 10.9 Å². The summed E-state index contributed by atoms with van der Waals surface area (Å²) in [5, 5.41) is 7.98. The molecule has 2 nitrogen and oxygen atoms in total. The first kappa shape index (κ1) is 10.0. The van der Waals surface area contributed by atoms with Crippen LogP contribution < -0.4 is 0 Å². The van der Waals surface area contributed by atoms with E-state index in [0.717, 1.165) is 27.6 Å². The summed E-state index contributed by atoms with van der Waals surface area (Å²) in [5.74, 6) is -0.220. The van der Waals surface area contributed by atoms with Gasteiger partial charge in [0.15, 0.2) is 0 Å². The Hall–Kier alpha value is -2.16. The molecule has 0 aliphatic carbocycles. The molecule has 0 saturated heterocycles. The number of H-pyrrole nitrogens is 1. The van der Waals surface area contributed by atoms with Gasteiger partial charge in [-0.2, -0.15) is 5.10 Å². The number of nitrogens with zero attached hydrogens (tertiary/aromatic N) is 1. The average Bonchev–Trinajstić information content (AvgIpc) is 2.76. The standard InChI is InChI=1S/C14H11FN2/c1-9-5-6-13-12(8-16-17-13)14(9)10-3-2-4-11(15)7-10/h2-8H,1H3,(H,16,17). The van der Waals surface area contributed by atoms with Crippen LogP contribution in [0, 0.1) is 12.7 Å². The second-order valence-electron chi connectivity index (χ2n) is 4.10. The number of aromatic amines is 1. The topological polar surface area (TPSA) is 28.7 Å². The van der Waals surface area contributed by atoms with E-state index in [9.17, 15) is 4.39 Å². The zero-order valence-electron chi connectivity index (χ0n) is 9.37. The smallest absolute Gasteiger partial charge is 0.123 e.